The fourth-order valence-electron chi connectivity index (χ4n) is 5.95. The molecule has 210 valence electrons. The molecule has 1 unspecified atom stereocenters. The highest BCUT2D eigenvalue weighted by molar-refractivity contribution is 6.30. The van der Waals surface area contributed by atoms with Crippen LogP contribution in [-0.4, -0.2) is 47.7 Å². The summed E-state index contributed by atoms with van der Waals surface area (Å²) in [5.41, 5.74) is 4.58. The third-order valence-corrected chi connectivity index (χ3v) is 8.12. The van der Waals surface area contributed by atoms with Crippen LogP contribution in [0.15, 0.2) is 60.7 Å². The van der Waals surface area contributed by atoms with E-state index in [1.807, 2.05) is 91.2 Å². The highest BCUT2D eigenvalue weighted by Gasteiger charge is 2.37. The number of hydrogen-bond acceptors (Lipinski definition) is 5. The van der Waals surface area contributed by atoms with Crippen molar-refractivity contribution in [3.05, 3.63) is 87.9 Å². The van der Waals surface area contributed by atoms with E-state index in [1.54, 1.807) is 7.11 Å². The smallest absolute Gasteiger partial charge is 0.320 e. The molecule has 8 heteroatoms. The van der Waals surface area contributed by atoms with Crippen molar-refractivity contribution < 1.29 is 24.2 Å². The second-order valence-corrected chi connectivity index (χ2v) is 11.2. The van der Waals surface area contributed by atoms with Crippen LogP contribution in [0.2, 0.25) is 5.02 Å². The van der Waals surface area contributed by atoms with Crippen molar-refractivity contribution in [2.24, 2.45) is 0 Å². The number of ether oxygens (including phenoxy) is 2. The average Bonchev–Trinajstić information content (AvgIpc) is 3.43. The van der Waals surface area contributed by atoms with Gasteiger partial charge in [0.05, 0.1) is 25.7 Å². The number of likely N-dealkylation sites (tertiary alicyclic amines) is 1. The normalized spacial score (nSPS) is 19.9. The van der Waals surface area contributed by atoms with Gasteiger partial charge in [-0.1, -0.05) is 35.9 Å². The number of carboxylic acids is 1. The highest BCUT2D eigenvalue weighted by atomic mass is 35.5. The molecule has 2 aliphatic heterocycles. The summed E-state index contributed by atoms with van der Waals surface area (Å²) >= 11 is 6.23. The Morgan fingerprint density at radius 3 is 2.35 bits per heavy atom. The van der Waals surface area contributed by atoms with E-state index in [0.717, 1.165) is 40.9 Å². The third kappa shape index (κ3) is 5.40. The molecule has 0 aliphatic carbocycles. The van der Waals surface area contributed by atoms with Gasteiger partial charge in [0.15, 0.2) is 11.5 Å². The Labute approximate surface area is 240 Å². The summed E-state index contributed by atoms with van der Waals surface area (Å²) in [6.07, 6.45) is 1.71. The number of benzene rings is 3. The summed E-state index contributed by atoms with van der Waals surface area (Å²) in [5.74, 6) is 0.427. The Morgan fingerprint density at radius 2 is 1.73 bits per heavy atom. The molecule has 2 aliphatic rings. The first-order valence-electron chi connectivity index (χ1n) is 13.7. The number of nitrogens with zero attached hydrogens (tertiary/aromatic N) is 2. The summed E-state index contributed by atoms with van der Waals surface area (Å²) in [4.78, 5) is 29.4. The van der Waals surface area contributed by atoms with Gasteiger partial charge in [0, 0.05) is 16.8 Å². The van der Waals surface area contributed by atoms with Crippen molar-refractivity contribution in [3.8, 4) is 11.5 Å². The summed E-state index contributed by atoms with van der Waals surface area (Å²) in [5, 5.41) is 10.3. The van der Waals surface area contributed by atoms with Crippen molar-refractivity contribution in [1.29, 1.82) is 0 Å². The van der Waals surface area contributed by atoms with Gasteiger partial charge in [0.25, 0.3) is 0 Å². The van der Waals surface area contributed by atoms with Crippen LogP contribution in [-0.2, 0) is 16.0 Å². The number of methoxy groups -OCH3 is 1. The molecule has 0 saturated carbocycles. The van der Waals surface area contributed by atoms with E-state index >= 15 is 0 Å². The van der Waals surface area contributed by atoms with Crippen LogP contribution >= 0.6 is 11.6 Å². The lowest BCUT2D eigenvalue weighted by atomic mass is 9.86. The topological polar surface area (TPSA) is 79.3 Å². The molecule has 1 amide bonds. The van der Waals surface area contributed by atoms with Crippen molar-refractivity contribution >= 4 is 29.2 Å². The van der Waals surface area contributed by atoms with Gasteiger partial charge in [0.2, 0.25) is 5.91 Å². The van der Waals surface area contributed by atoms with E-state index in [-0.39, 0.29) is 24.5 Å². The van der Waals surface area contributed by atoms with Gasteiger partial charge in [-0.05, 0) is 98.8 Å². The SMILES string of the molecule is COc1cc2c(cc1OC(C)C)[C@H](c1ccc(Cl)cc1)N(c1ccc([C@H](C)N3CCCC3C(=O)O)cc1)C(=O)C2. The Bertz CT molecular complexity index is 1390. The number of amides is 1. The van der Waals surface area contributed by atoms with E-state index in [2.05, 4.69) is 0 Å². The molecule has 0 radical (unpaired) electrons. The average molecular weight is 563 g/mol. The van der Waals surface area contributed by atoms with Crippen molar-refractivity contribution in [2.45, 2.75) is 64.3 Å². The summed E-state index contributed by atoms with van der Waals surface area (Å²) in [6, 6.07) is 18.5. The van der Waals surface area contributed by atoms with Gasteiger partial charge in [-0.2, -0.15) is 0 Å². The van der Waals surface area contributed by atoms with Crippen molar-refractivity contribution in [3.63, 3.8) is 0 Å². The number of aliphatic carboxylic acids is 1. The predicted molar refractivity (Wildman–Crippen MR) is 155 cm³/mol. The fraction of sp³-hybridized carbons (Fsp3) is 0.375. The molecular weight excluding hydrogens is 528 g/mol. The summed E-state index contributed by atoms with van der Waals surface area (Å²) in [6.45, 7) is 6.73. The molecular formula is C32H35ClN2O5. The first-order chi connectivity index (χ1) is 19.2. The Balaban J connectivity index is 1.55. The zero-order valence-electron chi connectivity index (χ0n) is 23.3. The number of halogens is 1. The van der Waals surface area contributed by atoms with Gasteiger partial charge in [-0.25, -0.2) is 0 Å². The molecule has 3 atom stereocenters. The summed E-state index contributed by atoms with van der Waals surface area (Å²) in [7, 11) is 1.60. The molecule has 40 heavy (non-hydrogen) atoms. The first-order valence-corrected chi connectivity index (χ1v) is 14.1. The van der Waals surface area contributed by atoms with E-state index < -0.39 is 18.1 Å². The largest absolute Gasteiger partial charge is 0.493 e. The number of carbonyl (C=O) groups is 2. The van der Waals surface area contributed by atoms with Gasteiger partial charge in [-0.3, -0.25) is 14.5 Å². The number of anilines is 1. The number of carboxylic acid groups (broad SMARTS) is 1. The zero-order chi connectivity index (χ0) is 28.6. The molecule has 0 spiro atoms. The minimum Gasteiger partial charge on any atom is -0.493 e. The molecule has 1 fully saturated rings. The second-order valence-electron chi connectivity index (χ2n) is 10.8. The van der Waals surface area contributed by atoms with Crippen LogP contribution in [0.3, 0.4) is 0 Å². The molecule has 3 aromatic carbocycles. The Morgan fingerprint density at radius 1 is 1.02 bits per heavy atom. The molecule has 7 nitrogen and oxygen atoms in total. The lowest BCUT2D eigenvalue weighted by Crippen LogP contribution is -2.41. The zero-order valence-corrected chi connectivity index (χ0v) is 24.0. The molecule has 2 heterocycles. The molecule has 0 bridgehead atoms. The predicted octanol–water partition coefficient (Wildman–Crippen LogP) is 6.42. The Kier molecular flexibility index (Phi) is 8.06. The maximum Gasteiger partial charge on any atom is 0.320 e. The van der Waals surface area contributed by atoms with Crippen LogP contribution in [0.25, 0.3) is 0 Å². The molecule has 0 aromatic heterocycles. The summed E-state index contributed by atoms with van der Waals surface area (Å²) < 4.78 is 11.7. The van der Waals surface area contributed by atoms with Gasteiger partial charge >= 0.3 is 5.97 Å². The van der Waals surface area contributed by atoms with E-state index in [9.17, 15) is 14.7 Å². The molecule has 1 saturated heterocycles. The van der Waals surface area contributed by atoms with Crippen LogP contribution in [0, 0.1) is 0 Å². The van der Waals surface area contributed by atoms with E-state index in [1.165, 1.54) is 0 Å². The lowest BCUT2D eigenvalue weighted by Gasteiger charge is -2.38. The van der Waals surface area contributed by atoms with Crippen molar-refractivity contribution in [2.75, 3.05) is 18.6 Å². The minimum atomic E-state index is -0.776. The van der Waals surface area contributed by atoms with Gasteiger partial charge in [0.1, 0.15) is 6.04 Å². The fourth-order valence-corrected chi connectivity index (χ4v) is 6.08. The quantitative estimate of drug-likeness (QED) is 0.341. The van der Waals surface area contributed by atoms with Crippen LogP contribution in [0.5, 0.6) is 11.5 Å². The number of carbonyl (C=O) groups excluding carboxylic acids is 1. The van der Waals surface area contributed by atoms with Crippen LogP contribution in [0.1, 0.15) is 68.0 Å². The second kappa shape index (κ2) is 11.5. The molecule has 5 rings (SSSR count). The Hall–Kier alpha value is -3.55. The third-order valence-electron chi connectivity index (χ3n) is 7.87. The maximum absolute atomic E-state index is 13.8. The maximum atomic E-state index is 13.8. The minimum absolute atomic E-state index is 0.0293. The van der Waals surface area contributed by atoms with Gasteiger partial charge in [-0.15, -0.1) is 0 Å². The lowest BCUT2D eigenvalue weighted by molar-refractivity contribution is -0.142. The molecule has 3 aromatic rings. The van der Waals surface area contributed by atoms with E-state index in [4.69, 9.17) is 21.1 Å². The number of rotatable bonds is 8. The first kappa shape index (κ1) is 28.0. The van der Waals surface area contributed by atoms with Crippen LogP contribution < -0.4 is 14.4 Å². The number of hydrogen-bond donors (Lipinski definition) is 1. The monoisotopic (exact) mass is 562 g/mol. The van der Waals surface area contributed by atoms with E-state index in [0.29, 0.717) is 22.9 Å². The highest BCUT2D eigenvalue weighted by Crippen LogP contribution is 2.44. The van der Waals surface area contributed by atoms with Crippen LogP contribution in [0.4, 0.5) is 5.69 Å². The standard InChI is InChI=1S/C32H35ClN2O5/c1-19(2)40-29-18-26-23(16-28(29)39-4)17-30(36)35(31(26)22-7-11-24(33)12-8-22)25-13-9-21(10-14-25)20(3)34-15-5-6-27(34)32(37)38/h7-14,16,18-20,27,31H,5-6,15,17H2,1-4H3,(H,37,38)/t20-,27?,31-/m0/s1. The molecule has 1 N–H and O–H groups in total. The number of fused-ring (bicyclic) bond motifs is 1. The van der Waals surface area contributed by atoms with Crippen molar-refractivity contribution in [1.82, 2.24) is 4.90 Å². The van der Waals surface area contributed by atoms with Gasteiger partial charge < -0.3 is 19.5 Å².